The number of carbonyl (C=O) groups excluding carboxylic acids is 1. The summed E-state index contributed by atoms with van der Waals surface area (Å²) in [7, 11) is 2.10. The lowest BCUT2D eigenvalue weighted by Crippen LogP contribution is -2.54. The first-order chi connectivity index (χ1) is 9.99. The lowest BCUT2D eigenvalue weighted by atomic mass is 9.99. The average Bonchev–Trinajstić information content (AvgIpc) is 2.68. The minimum Gasteiger partial charge on any atom is -0.480 e. The third kappa shape index (κ3) is 4.09. The van der Waals surface area contributed by atoms with Crippen molar-refractivity contribution in [3.05, 3.63) is 0 Å². The highest BCUT2D eigenvalue weighted by Gasteiger charge is 2.32. The first-order valence-electron chi connectivity index (χ1n) is 7.99. The van der Waals surface area contributed by atoms with E-state index in [0.717, 1.165) is 38.6 Å². The standard InChI is InChI=1S/C15H27N3O3/c1-11-10-12(7-9-17(11)2)16-15(21)18-8-5-3-4-6-13(18)14(19)20/h11-13H,3-10H2,1-2H3,(H,16,21)(H,19,20). The van der Waals surface area contributed by atoms with E-state index >= 15 is 0 Å². The van der Waals surface area contributed by atoms with Gasteiger partial charge < -0.3 is 20.2 Å². The first-order valence-corrected chi connectivity index (χ1v) is 7.99. The van der Waals surface area contributed by atoms with Crippen molar-refractivity contribution < 1.29 is 14.7 Å². The molecule has 2 fully saturated rings. The molecule has 2 aliphatic heterocycles. The third-order valence-electron chi connectivity index (χ3n) is 4.83. The van der Waals surface area contributed by atoms with Gasteiger partial charge in [0.05, 0.1) is 0 Å². The van der Waals surface area contributed by atoms with Gasteiger partial charge in [0, 0.05) is 25.2 Å². The fraction of sp³-hybridized carbons (Fsp3) is 0.867. The van der Waals surface area contributed by atoms with Gasteiger partial charge in [0.1, 0.15) is 6.04 Å². The Hall–Kier alpha value is -1.30. The quantitative estimate of drug-likeness (QED) is 0.810. The highest BCUT2D eigenvalue weighted by atomic mass is 16.4. The number of rotatable bonds is 2. The molecule has 21 heavy (non-hydrogen) atoms. The molecule has 0 radical (unpaired) electrons. The molecule has 2 amide bonds. The number of nitrogens with zero attached hydrogens (tertiary/aromatic N) is 2. The van der Waals surface area contributed by atoms with Crippen molar-refractivity contribution in [2.75, 3.05) is 20.1 Å². The van der Waals surface area contributed by atoms with Crippen LogP contribution in [-0.4, -0.2) is 65.2 Å². The van der Waals surface area contributed by atoms with Crippen molar-refractivity contribution >= 4 is 12.0 Å². The number of piperidine rings is 1. The van der Waals surface area contributed by atoms with Crippen LogP contribution in [0.3, 0.4) is 0 Å². The van der Waals surface area contributed by atoms with Crippen LogP contribution in [0.2, 0.25) is 0 Å². The van der Waals surface area contributed by atoms with Crippen molar-refractivity contribution in [2.45, 2.75) is 63.6 Å². The lowest BCUT2D eigenvalue weighted by Gasteiger charge is -2.37. The maximum absolute atomic E-state index is 12.5. The number of carbonyl (C=O) groups is 2. The highest BCUT2D eigenvalue weighted by molar-refractivity contribution is 5.82. The fourth-order valence-corrected chi connectivity index (χ4v) is 3.29. The average molecular weight is 297 g/mol. The lowest BCUT2D eigenvalue weighted by molar-refractivity contribution is -0.142. The Kier molecular flexibility index (Phi) is 5.45. The summed E-state index contributed by atoms with van der Waals surface area (Å²) in [6.07, 6.45) is 5.18. The van der Waals surface area contributed by atoms with Crippen LogP contribution in [0.25, 0.3) is 0 Å². The van der Waals surface area contributed by atoms with Gasteiger partial charge in [0.25, 0.3) is 0 Å². The molecule has 120 valence electrons. The van der Waals surface area contributed by atoms with Gasteiger partial charge in [-0.3, -0.25) is 0 Å². The summed E-state index contributed by atoms with van der Waals surface area (Å²) in [5.41, 5.74) is 0. The Bertz CT molecular complexity index is 388. The number of hydrogen-bond acceptors (Lipinski definition) is 3. The Morgan fingerprint density at radius 3 is 2.57 bits per heavy atom. The van der Waals surface area contributed by atoms with Crippen molar-refractivity contribution in [2.24, 2.45) is 0 Å². The molecule has 0 aliphatic carbocycles. The highest BCUT2D eigenvalue weighted by Crippen LogP contribution is 2.19. The number of likely N-dealkylation sites (tertiary alicyclic amines) is 2. The number of nitrogens with one attached hydrogen (secondary N) is 1. The smallest absolute Gasteiger partial charge is 0.326 e. The molecule has 0 bridgehead atoms. The van der Waals surface area contributed by atoms with E-state index < -0.39 is 12.0 Å². The van der Waals surface area contributed by atoms with Crippen LogP contribution in [0.15, 0.2) is 0 Å². The van der Waals surface area contributed by atoms with E-state index in [9.17, 15) is 14.7 Å². The molecule has 0 aromatic carbocycles. The Morgan fingerprint density at radius 1 is 1.14 bits per heavy atom. The molecule has 3 atom stereocenters. The summed E-state index contributed by atoms with van der Waals surface area (Å²) in [6, 6.07) is -0.271. The monoisotopic (exact) mass is 297 g/mol. The van der Waals surface area contributed by atoms with Crippen molar-refractivity contribution in [1.29, 1.82) is 0 Å². The molecule has 0 aromatic rings. The third-order valence-corrected chi connectivity index (χ3v) is 4.83. The van der Waals surface area contributed by atoms with Gasteiger partial charge in [0.2, 0.25) is 0 Å². The minimum atomic E-state index is -0.885. The van der Waals surface area contributed by atoms with Crippen molar-refractivity contribution in [1.82, 2.24) is 15.1 Å². The minimum absolute atomic E-state index is 0.154. The molecule has 6 nitrogen and oxygen atoms in total. The normalized spacial score (nSPS) is 31.5. The van der Waals surface area contributed by atoms with E-state index in [1.54, 1.807) is 0 Å². The fourth-order valence-electron chi connectivity index (χ4n) is 3.29. The van der Waals surface area contributed by atoms with Gasteiger partial charge in [-0.15, -0.1) is 0 Å². The van der Waals surface area contributed by atoms with Gasteiger partial charge in [-0.05, 0) is 39.7 Å². The molecule has 6 heteroatoms. The van der Waals surface area contributed by atoms with Crippen LogP contribution in [0.5, 0.6) is 0 Å². The zero-order valence-corrected chi connectivity index (χ0v) is 13.0. The van der Waals surface area contributed by atoms with Crippen LogP contribution >= 0.6 is 0 Å². The summed E-state index contributed by atoms with van der Waals surface area (Å²) in [6.45, 7) is 3.67. The van der Waals surface area contributed by atoms with E-state index in [1.807, 2.05) is 0 Å². The van der Waals surface area contributed by atoms with Gasteiger partial charge in [-0.2, -0.15) is 0 Å². The maximum atomic E-state index is 12.5. The molecular formula is C15H27N3O3. The molecule has 2 heterocycles. The van der Waals surface area contributed by atoms with Crippen LogP contribution in [0, 0.1) is 0 Å². The number of aliphatic carboxylic acids is 1. The summed E-state index contributed by atoms with van der Waals surface area (Å²) in [4.78, 5) is 27.7. The summed E-state index contributed by atoms with van der Waals surface area (Å²) in [5.74, 6) is -0.885. The molecule has 0 saturated carbocycles. The molecule has 2 rings (SSSR count). The van der Waals surface area contributed by atoms with E-state index in [4.69, 9.17) is 0 Å². The molecule has 2 N–H and O–H groups in total. The van der Waals surface area contributed by atoms with Crippen LogP contribution < -0.4 is 5.32 Å². The summed E-state index contributed by atoms with van der Waals surface area (Å²) in [5, 5.41) is 12.4. The predicted octanol–water partition coefficient (Wildman–Crippen LogP) is 1.51. The topological polar surface area (TPSA) is 72.9 Å². The van der Waals surface area contributed by atoms with Gasteiger partial charge in [-0.1, -0.05) is 12.8 Å². The van der Waals surface area contributed by atoms with E-state index in [2.05, 4.69) is 24.2 Å². The van der Waals surface area contributed by atoms with E-state index in [1.165, 1.54) is 4.90 Å². The van der Waals surface area contributed by atoms with Crippen molar-refractivity contribution in [3.8, 4) is 0 Å². The number of hydrogen-bond donors (Lipinski definition) is 2. The zero-order valence-electron chi connectivity index (χ0n) is 13.0. The Balaban J connectivity index is 1.95. The number of carboxylic acid groups (broad SMARTS) is 1. The van der Waals surface area contributed by atoms with E-state index in [0.29, 0.717) is 19.0 Å². The van der Waals surface area contributed by atoms with Gasteiger partial charge in [0.15, 0.2) is 0 Å². The molecular weight excluding hydrogens is 270 g/mol. The first kappa shape index (κ1) is 16.1. The number of carboxylic acids is 1. The van der Waals surface area contributed by atoms with Crippen LogP contribution in [0.4, 0.5) is 4.79 Å². The second-order valence-electron chi connectivity index (χ2n) is 6.40. The second-order valence-corrected chi connectivity index (χ2v) is 6.40. The summed E-state index contributed by atoms with van der Waals surface area (Å²) >= 11 is 0. The van der Waals surface area contributed by atoms with Crippen molar-refractivity contribution in [3.63, 3.8) is 0 Å². The van der Waals surface area contributed by atoms with Gasteiger partial charge >= 0.3 is 12.0 Å². The Morgan fingerprint density at radius 2 is 1.90 bits per heavy atom. The molecule has 0 spiro atoms. The molecule has 0 aromatic heterocycles. The maximum Gasteiger partial charge on any atom is 0.326 e. The van der Waals surface area contributed by atoms with Crippen LogP contribution in [-0.2, 0) is 4.79 Å². The summed E-state index contributed by atoms with van der Waals surface area (Å²) < 4.78 is 0. The predicted molar refractivity (Wildman–Crippen MR) is 80.2 cm³/mol. The molecule has 3 unspecified atom stereocenters. The van der Waals surface area contributed by atoms with Gasteiger partial charge in [-0.25, -0.2) is 9.59 Å². The number of amides is 2. The Labute approximate surface area is 126 Å². The second kappa shape index (κ2) is 7.11. The van der Waals surface area contributed by atoms with E-state index in [-0.39, 0.29) is 12.1 Å². The van der Waals surface area contributed by atoms with Crippen LogP contribution in [0.1, 0.15) is 45.4 Å². The molecule has 2 saturated heterocycles. The SMILES string of the molecule is CC1CC(NC(=O)N2CCCCCC2C(=O)O)CCN1C. The number of urea groups is 1. The largest absolute Gasteiger partial charge is 0.480 e. The molecule has 2 aliphatic rings. The zero-order chi connectivity index (χ0) is 15.4.